The zero-order valence-corrected chi connectivity index (χ0v) is 11.6. The maximum Gasteiger partial charge on any atom is 0.126 e. The molecule has 1 aromatic heterocycles. The maximum absolute atomic E-state index is 13.3. The molecule has 0 saturated carbocycles. The van der Waals surface area contributed by atoms with Crippen LogP contribution in [0.15, 0.2) is 54.7 Å². The fraction of sp³-hybridized carbons (Fsp3) is 0.125. The molecule has 0 aliphatic heterocycles. The first-order valence-corrected chi connectivity index (χ1v) is 6.64. The van der Waals surface area contributed by atoms with Crippen molar-refractivity contribution < 1.29 is 4.39 Å². The number of hydrogen-bond acceptors (Lipinski definition) is 3. The van der Waals surface area contributed by atoms with E-state index in [1.165, 1.54) is 10.9 Å². The fourth-order valence-corrected chi connectivity index (χ4v) is 2.14. The van der Waals surface area contributed by atoms with E-state index in [0.29, 0.717) is 11.3 Å². The quantitative estimate of drug-likeness (QED) is 0.803. The Morgan fingerprint density at radius 3 is 2.62 bits per heavy atom. The Bertz CT molecular complexity index is 752. The van der Waals surface area contributed by atoms with Crippen LogP contribution in [0.2, 0.25) is 0 Å². The molecule has 0 bridgehead atoms. The summed E-state index contributed by atoms with van der Waals surface area (Å²) in [6, 6.07) is 14.0. The Labute approximate surface area is 122 Å². The van der Waals surface area contributed by atoms with Crippen molar-refractivity contribution in [3.05, 3.63) is 77.4 Å². The van der Waals surface area contributed by atoms with E-state index in [-0.39, 0.29) is 5.82 Å². The molecule has 1 unspecified atom stereocenters. The summed E-state index contributed by atoms with van der Waals surface area (Å²) in [6.45, 7) is 1.71. The van der Waals surface area contributed by atoms with Crippen LogP contribution in [-0.4, -0.2) is 15.0 Å². The van der Waals surface area contributed by atoms with Gasteiger partial charge in [-0.25, -0.2) is 4.39 Å². The largest absolute Gasteiger partial charge is 0.319 e. The Morgan fingerprint density at radius 2 is 1.90 bits per heavy atom. The number of aromatic nitrogens is 3. The molecule has 5 heteroatoms. The van der Waals surface area contributed by atoms with E-state index in [2.05, 4.69) is 10.2 Å². The van der Waals surface area contributed by atoms with Crippen LogP contribution in [0.3, 0.4) is 0 Å². The van der Waals surface area contributed by atoms with Gasteiger partial charge in [0.1, 0.15) is 11.5 Å². The van der Waals surface area contributed by atoms with E-state index < -0.39 is 6.04 Å². The lowest BCUT2D eigenvalue weighted by molar-refractivity contribution is 0.616. The summed E-state index contributed by atoms with van der Waals surface area (Å²) in [6.07, 6.45) is 1.64. The zero-order chi connectivity index (χ0) is 14.8. The average Bonchev–Trinajstić information content (AvgIpc) is 3.00. The molecular weight excluding hydrogens is 267 g/mol. The molecule has 0 amide bonds. The van der Waals surface area contributed by atoms with E-state index in [9.17, 15) is 4.39 Å². The molecule has 3 rings (SSSR count). The van der Waals surface area contributed by atoms with Crippen LogP contribution in [-0.2, 0) is 0 Å². The molecule has 2 N–H and O–H groups in total. The average molecular weight is 282 g/mol. The Morgan fingerprint density at radius 1 is 1.14 bits per heavy atom. The normalized spacial score (nSPS) is 12.3. The van der Waals surface area contributed by atoms with Gasteiger partial charge >= 0.3 is 0 Å². The second-order valence-electron chi connectivity index (χ2n) is 4.88. The molecule has 1 heterocycles. The number of halogens is 1. The Hall–Kier alpha value is -2.53. The number of aryl methyl sites for hydroxylation is 1. The number of benzene rings is 2. The van der Waals surface area contributed by atoms with E-state index in [4.69, 9.17) is 5.73 Å². The summed E-state index contributed by atoms with van der Waals surface area (Å²) in [5, 5.41) is 8.62. The van der Waals surface area contributed by atoms with Crippen LogP contribution in [0.1, 0.15) is 22.9 Å². The second kappa shape index (κ2) is 5.46. The highest BCUT2D eigenvalue weighted by molar-refractivity contribution is 5.32. The van der Waals surface area contributed by atoms with Gasteiger partial charge in [-0.1, -0.05) is 30.3 Å². The van der Waals surface area contributed by atoms with Gasteiger partial charge in [0.25, 0.3) is 0 Å². The molecule has 4 nitrogen and oxygen atoms in total. The molecule has 0 aliphatic carbocycles. The van der Waals surface area contributed by atoms with Gasteiger partial charge in [-0.15, -0.1) is 0 Å². The van der Waals surface area contributed by atoms with E-state index in [0.717, 1.165) is 11.3 Å². The molecule has 0 fully saturated rings. The molecule has 2 aromatic carbocycles. The molecule has 21 heavy (non-hydrogen) atoms. The topological polar surface area (TPSA) is 56.7 Å². The summed E-state index contributed by atoms with van der Waals surface area (Å²) < 4.78 is 13.3. The van der Waals surface area contributed by atoms with Gasteiger partial charge in [-0.05, 0) is 36.2 Å². The van der Waals surface area contributed by atoms with Crippen molar-refractivity contribution in [1.29, 1.82) is 0 Å². The van der Waals surface area contributed by atoms with Crippen LogP contribution in [0.5, 0.6) is 0 Å². The van der Waals surface area contributed by atoms with Crippen LogP contribution in [0.4, 0.5) is 4.39 Å². The SMILES string of the molecule is Cc1cc(C(N)c2cnn(-c3ccccc3)n2)ccc1F. The summed E-state index contributed by atoms with van der Waals surface area (Å²) >= 11 is 0. The molecule has 0 spiro atoms. The standard InChI is InChI=1S/C16H15FN4/c1-11-9-12(7-8-14(11)17)16(18)15-10-19-21(20-15)13-5-3-2-4-6-13/h2-10,16H,18H2,1H3. The highest BCUT2D eigenvalue weighted by Crippen LogP contribution is 2.20. The first-order chi connectivity index (χ1) is 10.1. The minimum atomic E-state index is -0.429. The number of hydrogen-bond donors (Lipinski definition) is 1. The summed E-state index contributed by atoms with van der Waals surface area (Å²) in [5.74, 6) is -0.237. The smallest absolute Gasteiger partial charge is 0.126 e. The summed E-state index contributed by atoms with van der Waals surface area (Å²) in [7, 11) is 0. The Balaban J connectivity index is 1.90. The van der Waals surface area contributed by atoms with Gasteiger partial charge in [-0.2, -0.15) is 15.0 Å². The predicted molar refractivity (Wildman–Crippen MR) is 78.5 cm³/mol. The highest BCUT2D eigenvalue weighted by atomic mass is 19.1. The van der Waals surface area contributed by atoms with Crippen LogP contribution in [0, 0.1) is 12.7 Å². The van der Waals surface area contributed by atoms with E-state index >= 15 is 0 Å². The van der Waals surface area contributed by atoms with Gasteiger partial charge in [-0.3, -0.25) is 0 Å². The molecule has 0 aliphatic rings. The number of para-hydroxylation sites is 1. The number of nitrogens with zero attached hydrogens (tertiary/aromatic N) is 3. The lowest BCUT2D eigenvalue weighted by Crippen LogP contribution is -2.13. The van der Waals surface area contributed by atoms with Gasteiger partial charge in [0.05, 0.1) is 17.9 Å². The lowest BCUT2D eigenvalue weighted by atomic mass is 10.0. The lowest BCUT2D eigenvalue weighted by Gasteiger charge is -2.10. The van der Waals surface area contributed by atoms with Gasteiger partial charge in [0.15, 0.2) is 0 Å². The zero-order valence-electron chi connectivity index (χ0n) is 11.6. The van der Waals surface area contributed by atoms with Crippen molar-refractivity contribution in [2.24, 2.45) is 5.73 Å². The predicted octanol–water partition coefficient (Wildman–Crippen LogP) is 2.76. The van der Waals surface area contributed by atoms with Crippen LogP contribution < -0.4 is 5.73 Å². The number of rotatable bonds is 3. The van der Waals surface area contributed by atoms with Crippen LogP contribution in [0.25, 0.3) is 5.69 Å². The van der Waals surface area contributed by atoms with Crippen molar-refractivity contribution in [2.45, 2.75) is 13.0 Å². The van der Waals surface area contributed by atoms with Crippen molar-refractivity contribution in [3.8, 4) is 5.69 Å². The van der Waals surface area contributed by atoms with Gasteiger partial charge < -0.3 is 5.73 Å². The van der Waals surface area contributed by atoms with Crippen LogP contribution >= 0.6 is 0 Å². The minimum Gasteiger partial charge on any atom is -0.319 e. The van der Waals surface area contributed by atoms with Crippen molar-refractivity contribution in [3.63, 3.8) is 0 Å². The second-order valence-corrected chi connectivity index (χ2v) is 4.88. The first kappa shape index (κ1) is 13.5. The first-order valence-electron chi connectivity index (χ1n) is 6.64. The van der Waals surface area contributed by atoms with E-state index in [1.807, 2.05) is 30.3 Å². The minimum absolute atomic E-state index is 0.237. The molecule has 0 radical (unpaired) electrons. The summed E-state index contributed by atoms with van der Waals surface area (Å²) in [5.41, 5.74) is 9.08. The fourth-order valence-electron chi connectivity index (χ4n) is 2.14. The monoisotopic (exact) mass is 282 g/mol. The van der Waals surface area contributed by atoms with Crippen molar-refractivity contribution in [1.82, 2.24) is 15.0 Å². The third-order valence-electron chi connectivity index (χ3n) is 3.36. The van der Waals surface area contributed by atoms with Gasteiger partial charge in [0, 0.05) is 0 Å². The Kier molecular flexibility index (Phi) is 3.50. The van der Waals surface area contributed by atoms with Gasteiger partial charge in [0.2, 0.25) is 0 Å². The molecule has 0 saturated heterocycles. The summed E-state index contributed by atoms with van der Waals surface area (Å²) in [4.78, 5) is 1.53. The molecular formula is C16H15FN4. The highest BCUT2D eigenvalue weighted by Gasteiger charge is 2.14. The third kappa shape index (κ3) is 2.68. The van der Waals surface area contributed by atoms with Crippen molar-refractivity contribution in [2.75, 3.05) is 0 Å². The molecule has 1 atom stereocenters. The van der Waals surface area contributed by atoms with E-state index in [1.54, 1.807) is 25.3 Å². The maximum atomic E-state index is 13.3. The van der Waals surface area contributed by atoms with Crippen molar-refractivity contribution >= 4 is 0 Å². The molecule has 106 valence electrons. The molecule has 3 aromatic rings. The number of nitrogens with two attached hydrogens (primary N) is 1. The third-order valence-corrected chi connectivity index (χ3v) is 3.36.